The minimum atomic E-state index is -0.787. The zero-order valence-corrected chi connectivity index (χ0v) is 9.38. The van der Waals surface area contributed by atoms with Crippen LogP contribution in [0.5, 0.6) is 0 Å². The van der Waals surface area contributed by atoms with Gasteiger partial charge < -0.3 is 15.8 Å². The SMILES string of the molecule is Cc1ccn2nc(NCCOC(N)=O)nc2c1. The van der Waals surface area contributed by atoms with Crippen LogP contribution in [-0.4, -0.2) is 33.8 Å². The van der Waals surface area contributed by atoms with E-state index in [1.54, 1.807) is 4.52 Å². The lowest BCUT2D eigenvalue weighted by Crippen LogP contribution is -2.18. The minimum absolute atomic E-state index is 0.184. The monoisotopic (exact) mass is 235 g/mol. The number of primary amides is 1. The summed E-state index contributed by atoms with van der Waals surface area (Å²) in [5.74, 6) is 0.490. The van der Waals surface area contributed by atoms with E-state index in [1.165, 1.54) is 0 Å². The van der Waals surface area contributed by atoms with Gasteiger partial charge in [0.05, 0.1) is 6.54 Å². The van der Waals surface area contributed by atoms with Crippen molar-refractivity contribution in [1.29, 1.82) is 0 Å². The summed E-state index contributed by atoms with van der Waals surface area (Å²) in [6.45, 7) is 2.59. The summed E-state index contributed by atoms with van der Waals surface area (Å²) in [6.07, 6.45) is 1.05. The number of aromatic nitrogens is 3. The van der Waals surface area contributed by atoms with E-state index in [2.05, 4.69) is 20.1 Å². The highest BCUT2D eigenvalue weighted by Gasteiger charge is 2.02. The van der Waals surface area contributed by atoms with Crippen LogP contribution in [0.4, 0.5) is 10.7 Å². The second-order valence-corrected chi connectivity index (χ2v) is 3.54. The summed E-state index contributed by atoms with van der Waals surface area (Å²) in [4.78, 5) is 14.6. The summed E-state index contributed by atoms with van der Waals surface area (Å²) in [5.41, 5.74) is 6.71. The van der Waals surface area contributed by atoms with Gasteiger partial charge in [0.15, 0.2) is 5.65 Å². The van der Waals surface area contributed by atoms with Gasteiger partial charge in [-0.3, -0.25) is 0 Å². The summed E-state index contributed by atoms with van der Waals surface area (Å²) in [6, 6.07) is 3.87. The Bertz CT molecular complexity index is 536. The molecule has 90 valence electrons. The Hall–Kier alpha value is -2.31. The van der Waals surface area contributed by atoms with Crippen LogP contribution in [0, 0.1) is 6.92 Å². The number of nitrogens with one attached hydrogen (secondary N) is 1. The normalized spacial score (nSPS) is 10.4. The van der Waals surface area contributed by atoms with Crippen molar-refractivity contribution >= 4 is 17.7 Å². The zero-order chi connectivity index (χ0) is 12.3. The minimum Gasteiger partial charge on any atom is -0.448 e. The number of nitrogens with two attached hydrogens (primary N) is 1. The van der Waals surface area contributed by atoms with Crippen molar-refractivity contribution in [3.05, 3.63) is 23.9 Å². The number of fused-ring (bicyclic) bond motifs is 1. The van der Waals surface area contributed by atoms with Gasteiger partial charge in [0.25, 0.3) is 0 Å². The number of anilines is 1. The fourth-order valence-corrected chi connectivity index (χ4v) is 1.37. The average molecular weight is 235 g/mol. The van der Waals surface area contributed by atoms with Gasteiger partial charge in [0.1, 0.15) is 6.61 Å². The summed E-state index contributed by atoms with van der Waals surface area (Å²) >= 11 is 0. The van der Waals surface area contributed by atoms with Crippen molar-refractivity contribution in [3.8, 4) is 0 Å². The first-order valence-electron chi connectivity index (χ1n) is 5.14. The third-order valence-corrected chi connectivity index (χ3v) is 2.12. The topological polar surface area (TPSA) is 94.5 Å². The Labute approximate surface area is 97.6 Å². The number of aryl methyl sites for hydroxylation is 1. The molecule has 2 rings (SSSR count). The van der Waals surface area contributed by atoms with Gasteiger partial charge in [-0.05, 0) is 24.6 Å². The number of ether oxygens (including phenoxy) is 1. The summed E-state index contributed by atoms with van der Waals surface area (Å²) in [5, 5.41) is 7.13. The Morgan fingerprint density at radius 1 is 1.65 bits per heavy atom. The molecule has 7 nitrogen and oxygen atoms in total. The maximum atomic E-state index is 10.3. The smallest absolute Gasteiger partial charge is 0.404 e. The number of carbonyl (C=O) groups excluding carboxylic acids is 1. The molecule has 0 fully saturated rings. The number of hydrogen-bond donors (Lipinski definition) is 2. The van der Waals surface area contributed by atoms with E-state index < -0.39 is 6.09 Å². The maximum absolute atomic E-state index is 10.3. The lowest BCUT2D eigenvalue weighted by molar-refractivity contribution is 0.161. The Balaban J connectivity index is 1.97. The second-order valence-electron chi connectivity index (χ2n) is 3.54. The molecule has 2 heterocycles. The van der Waals surface area contributed by atoms with E-state index in [-0.39, 0.29) is 6.61 Å². The highest BCUT2D eigenvalue weighted by Crippen LogP contribution is 2.06. The third-order valence-electron chi connectivity index (χ3n) is 2.12. The van der Waals surface area contributed by atoms with Gasteiger partial charge in [0, 0.05) is 6.20 Å². The summed E-state index contributed by atoms with van der Waals surface area (Å²) in [7, 11) is 0. The molecule has 0 aromatic carbocycles. The van der Waals surface area contributed by atoms with Gasteiger partial charge in [-0.2, -0.15) is 4.98 Å². The van der Waals surface area contributed by atoms with Crippen molar-refractivity contribution in [2.45, 2.75) is 6.92 Å². The Morgan fingerprint density at radius 2 is 2.47 bits per heavy atom. The van der Waals surface area contributed by atoms with Crippen LogP contribution in [0.3, 0.4) is 0 Å². The molecule has 0 saturated heterocycles. The number of hydrogen-bond acceptors (Lipinski definition) is 5. The molecule has 0 radical (unpaired) electrons. The Morgan fingerprint density at radius 3 is 3.24 bits per heavy atom. The molecular weight excluding hydrogens is 222 g/mol. The van der Waals surface area contributed by atoms with Crippen molar-refractivity contribution in [1.82, 2.24) is 14.6 Å². The molecule has 0 unspecified atom stereocenters. The van der Waals surface area contributed by atoms with Crippen molar-refractivity contribution in [3.63, 3.8) is 0 Å². The molecule has 0 bridgehead atoms. The predicted octanol–water partition coefficient (Wildman–Crippen LogP) is 0.545. The van der Waals surface area contributed by atoms with Crippen LogP contribution in [0.1, 0.15) is 5.56 Å². The molecule has 0 aliphatic heterocycles. The number of nitrogens with zero attached hydrogens (tertiary/aromatic N) is 3. The van der Waals surface area contributed by atoms with Crippen LogP contribution in [0.15, 0.2) is 18.3 Å². The molecule has 2 aromatic heterocycles. The van der Waals surface area contributed by atoms with Gasteiger partial charge >= 0.3 is 6.09 Å². The maximum Gasteiger partial charge on any atom is 0.404 e. The Kier molecular flexibility index (Phi) is 3.08. The number of pyridine rings is 1. The van der Waals surface area contributed by atoms with Gasteiger partial charge in [-0.15, -0.1) is 5.10 Å². The lowest BCUT2D eigenvalue weighted by atomic mass is 10.3. The van der Waals surface area contributed by atoms with E-state index in [4.69, 9.17) is 5.73 Å². The van der Waals surface area contributed by atoms with Gasteiger partial charge in [-0.1, -0.05) is 0 Å². The molecule has 0 atom stereocenters. The van der Waals surface area contributed by atoms with Crippen molar-refractivity contribution in [2.24, 2.45) is 5.73 Å². The molecule has 2 aromatic rings. The van der Waals surface area contributed by atoms with Crippen LogP contribution in [-0.2, 0) is 4.74 Å². The van der Waals surface area contributed by atoms with Crippen LogP contribution in [0.25, 0.3) is 5.65 Å². The molecule has 0 aliphatic carbocycles. The standard InChI is InChI=1S/C10H13N5O2/c1-7-2-4-15-8(6-7)13-10(14-15)12-3-5-17-9(11)16/h2,4,6H,3,5H2,1H3,(H2,11,16)(H,12,14). The highest BCUT2D eigenvalue weighted by atomic mass is 16.5. The first-order valence-corrected chi connectivity index (χ1v) is 5.14. The first-order chi connectivity index (χ1) is 8.15. The summed E-state index contributed by atoms with van der Waals surface area (Å²) < 4.78 is 6.24. The van der Waals surface area contributed by atoms with Gasteiger partial charge in [0.2, 0.25) is 5.95 Å². The quantitative estimate of drug-likeness (QED) is 0.754. The number of carbonyl (C=O) groups is 1. The second kappa shape index (κ2) is 4.69. The van der Waals surface area contributed by atoms with E-state index >= 15 is 0 Å². The van der Waals surface area contributed by atoms with Crippen LogP contribution in [0.2, 0.25) is 0 Å². The molecule has 7 heteroatoms. The molecule has 0 aliphatic rings. The molecule has 17 heavy (non-hydrogen) atoms. The van der Waals surface area contributed by atoms with Gasteiger partial charge in [-0.25, -0.2) is 9.31 Å². The number of rotatable bonds is 4. The van der Waals surface area contributed by atoms with E-state index in [0.717, 1.165) is 11.2 Å². The van der Waals surface area contributed by atoms with Crippen LogP contribution < -0.4 is 11.1 Å². The molecule has 1 amide bonds. The first kappa shape index (κ1) is 11.2. The fourth-order valence-electron chi connectivity index (χ4n) is 1.37. The molecule has 3 N–H and O–H groups in total. The van der Waals surface area contributed by atoms with Crippen molar-refractivity contribution in [2.75, 3.05) is 18.5 Å². The largest absolute Gasteiger partial charge is 0.448 e. The van der Waals surface area contributed by atoms with E-state index in [0.29, 0.717) is 12.5 Å². The van der Waals surface area contributed by atoms with E-state index in [1.807, 2.05) is 25.3 Å². The molecule has 0 spiro atoms. The highest BCUT2D eigenvalue weighted by molar-refractivity contribution is 5.64. The van der Waals surface area contributed by atoms with Crippen LogP contribution >= 0.6 is 0 Å². The predicted molar refractivity (Wildman–Crippen MR) is 61.7 cm³/mol. The number of amides is 1. The molecular formula is C10H13N5O2. The third kappa shape index (κ3) is 2.83. The average Bonchev–Trinajstić information content (AvgIpc) is 2.66. The van der Waals surface area contributed by atoms with Crippen molar-refractivity contribution < 1.29 is 9.53 Å². The molecule has 0 saturated carbocycles. The fraction of sp³-hybridized carbons (Fsp3) is 0.300. The lowest BCUT2D eigenvalue weighted by Gasteiger charge is -2.00. The van der Waals surface area contributed by atoms with E-state index in [9.17, 15) is 4.79 Å². The zero-order valence-electron chi connectivity index (χ0n) is 9.38.